The van der Waals surface area contributed by atoms with Gasteiger partial charge in [-0.1, -0.05) is 11.6 Å². The van der Waals surface area contributed by atoms with E-state index in [0.717, 1.165) is 27.3 Å². The van der Waals surface area contributed by atoms with Crippen molar-refractivity contribution in [2.24, 2.45) is 0 Å². The van der Waals surface area contributed by atoms with Crippen LogP contribution >= 0.6 is 11.6 Å². The fourth-order valence-corrected chi connectivity index (χ4v) is 2.42. The van der Waals surface area contributed by atoms with Crippen molar-refractivity contribution < 1.29 is 0 Å². The zero-order valence-corrected chi connectivity index (χ0v) is 9.83. The maximum Gasteiger partial charge on any atom is 0.141 e. The van der Waals surface area contributed by atoms with Crippen LogP contribution in [0.4, 0.5) is 0 Å². The number of pyridine rings is 2. The van der Waals surface area contributed by atoms with E-state index < -0.39 is 0 Å². The van der Waals surface area contributed by atoms with Crippen LogP contribution in [-0.2, 0) is 0 Å². The first-order chi connectivity index (χ1) is 8.84. The number of nitrogens with zero attached hydrogens (tertiary/aromatic N) is 5. The van der Waals surface area contributed by atoms with Gasteiger partial charge >= 0.3 is 0 Å². The molecular weight excluding hydrogens is 250 g/mol. The summed E-state index contributed by atoms with van der Waals surface area (Å²) in [6, 6.07) is 3.76. The van der Waals surface area contributed by atoms with E-state index in [9.17, 15) is 0 Å². The molecule has 0 fully saturated rings. The van der Waals surface area contributed by atoms with Crippen molar-refractivity contribution in [1.82, 2.24) is 24.6 Å². The minimum absolute atomic E-state index is 0.437. The van der Waals surface area contributed by atoms with Gasteiger partial charge in [0.15, 0.2) is 0 Å². The number of hydrogen-bond acceptors (Lipinski definition) is 4. The fraction of sp³-hybridized carbons (Fsp3) is 0. The third kappa shape index (κ3) is 1.16. The van der Waals surface area contributed by atoms with E-state index in [1.807, 2.05) is 12.1 Å². The highest BCUT2D eigenvalue weighted by atomic mass is 35.5. The van der Waals surface area contributed by atoms with Crippen LogP contribution in [0.5, 0.6) is 0 Å². The molecule has 0 aromatic carbocycles. The highest BCUT2D eigenvalue weighted by Crippen LogP contribution is 2.30. The molecule has 0 atom stereocenters. The lowest BCUT2D eigenvalue weighted by Gasteiger charge is -1.98. The third-order valence-electron chi connectivity index (χ3n) is 2.92. The van der Waals surface area contributed by atoms with Gasteiger partial charge in [0.2, 0.25) is 0 Å². The van der Waals surface area contributed by atoms with Crippen LogP contribution in [0.3, 0.4) is 0 Å². The van der Waals surface area contributed by atoms with Gasteiger partial charge in [-0.15, -0.1) is 0 Å². The minimum Gasteiger partial charge on any atom is -0.262 e. The summed E-state index contributed by atoms with van der Waals surface area (Å²) in [6.45, 7) is 0. The lowest BCUT2D eigenvalue weighted by atomic mass is 10.2. The normalized spacial score (nSPS) is 11.6. The third-order valence-corrected chi connectivity index (χ3v) is 3.20. The second-order valence-electron chi connectivity index (χ2n) is 3.93. The van der Waals surface area contributed by atoms with Gasteiger partial charge in [-0.05, 0) is 12.1 Å². The molecule has 0 N–H and O–H groups in total. The molecule has 4 aromatic rings. The molecule has 0 saturated heterocycles. The molecule has 0 saturated carbocycles. The Bertz CT molecular complexity index is 899. The van der Waals surface area contributed by atoms with Gasteiger partial charge in [-0.25, -0.2) is 14.5 Å². The number of fused-ring (bicyclic) bond motifs is 5. The smallest absolute Gasteiger partial charge is 0.141 e. The molecule has 0 unspecified atom stereocenters. The zero-order valence-electron chi connectivity index (χ0n) is 9.08. The van der Waals surface area contributed by atoms with E-state index in [1.54, 1.807) is 29.4 Å². The molecule has 4 rings (SSSR count). The van der Waals surface area contributed by atoms with E-state index in [1.165, 1.54) is 0 Å². The molecule has 0 amide bonds. The average molecular weight is 256 g/mol. The van der Waals surface area contributed by atoms with Crippen molar-refractivity contribution in [1.29, 1.82) is 0 Å². The summed E-state index contributed by atoms with van der Waals surface area (Å²) >= 11 is 6.24. The average Bonchev–Trinajstić information content (AvgIpc) is 2.79. The van der Waals surface area contributed by atoms with Crippen molar-refractivity contribution in [3.8, 4) is 0 Å². The van der Waals surface area contributed by atoms with Crippen LogP contribution in [0.25, 0.3) is 27.3 Å². The van der Waals surface area contributed by atoms with Crippen LogP contribution in [-0.4, -0.2) is 24.6 Å². The molecule has 86 valence electrons. The quantitative estimate of drug-likeness (QED) is 0.453. The Hall–Kier alpha value is -2.27. The number of rotatable bonds is 0. The Balaban J connectivity index is 2.38. The molecule has 0 radical (unpaired) electrons. The maximum atomic E-state index is 6.24. The molecule has 0 aliphatic rings. The first-order valence-corrected chi connectivity index (χ1v) is 5.74. The molecule has 4 heterocycles. The van der Waals surface area contributed by atoms with Crippen molar-refractivity contribution in [2.45, 2.75) is 0 Å². The minimum atomic E-state index is 0.437. The van der Waals surface area contributed by atoms with Crippen molar-refractivity contribution in [2.75, 3.05) is 0 Å². The lowest BCUT2D eigenvalue weighted by molar-refractivity contribution is 0.939. The zero-order chi connectivity index (χ0) is 12.1. The predicted octanol–water partition coefficient (Wildman–Crippen LogP) is 2.48. The standard InChI is InChI=1S/C12H6ClN5/c13-12-10-9-2-4-15-6-18(9)17-11(10)7-1-3-14-5-8(7)16-12/h1-6H. The summed E-state index contributed by atoms with van der Waals surface area (Å²) in [4.78, 5) is 12.4. The molecule has 0 spiro atoms. The van der Waals surface area contributed by atoms with Crippen LogP contribution in [0.1, 0.15) is 0 Å². The lowest BCUT2D eigenvalue weighted by Crippen LogP contribution is -1.86. The molecule has 5 nitrogen and oxygen atoms in total. The van der Waals surface area contributed by atoms with Gasteiger partial charge < -0.3 is 0 Å². The van der Waals surface area contributed by atoms with Gasteiger partial charge in [0.05, 0.1) is 22.6 Å². The maximum absolute atomic E-state index is 6.24. The number of halogens is 1. The summed E-state index contributed by atoms with van der Waals surface area (Å²) < 4.78 is 1.71. The first-order valence-electron chi connectivity index (χ1n) is 5.36. The highest BCUT2D eigenvalue weighted by molar-refractivity contribution is 6.37. The Morgan fingerprint density at radius 3 is 2.94 bits per heavy atom. The summed E-state index contributed by atoms with van der Waals surface area (Å²) in [5.41, 5.74) is 2.46. The predicted molar refractivity (Wildman–Crippen MR) is 68.6 cm³/mol. The second kappa shape index (κ2) is 3.36. The second-order valence-corrected chi connectivity index (χ2v) is 4.29. The van der Waals surface area contributed by atoms with Crippen LogP contribution in [0, 0.1) is 0 Å². The summed E-state index contributed by atoms with van der Waals surface area (Å²) in [6.07, 6.45) is 6.77. The molecule has 0 aliphatic heterocycles. The van der Waals surface area contributed by atoms with Gasteiger partial charge in [0.1, 0.15) is 17.0 Å². The fourth-order valence-electron chi connectivity index (χ4n) is 2.14. The van der Waals surface area contributed by atoms with E-state index in [-0.39, 0.29) is 0 Å². The van der Waals surface area contributed by atoms with Crippen molar-refractivity contribution >= 4 is 38.9 Å². The Labute approximate surface area is 106 Å². The summed E-state index contributed by atoms with van der Waals surface area (Å²) in [5.74, 6) is 0. The van der Waals surface area contributed by atoms with Crippen molar-refractivity contribution in [3.05, 3.63) is 42.2 Å². The van der Waals surface area contributed by atoms with E-state index >= 15 is 0 Å². The molecule has 6 heteroatoms. The Morgan fingerprint density at radius 1 is 1.11 bits per heavy atom. The summed E-state index contributed by atoms with van der Waals surface area (Å²) in [7, 11) is 0. The monoisotopic (exact) mass is 255 g/mol. The SMILES string of the molecule is Clc1nc2cnccc2c2nn3cnccc3c12. The van der Waals surface area contributed by atoms with Crippen LogP contribution < -0.4 is 0 Å². The molecule has 18 heavy (non-hydrogen) atoms. The molecular formula is C12H6ClN5. The van der Waals surface area contributed by atoms with Gasteiger partial charge in [0, 0.05) is 17.8 Å². The summed E-state index contributed by atoms with van der Waals surface area (Å²) in [5, 5.41) is 6.73. The highest BCUT2D eigenvalue weighted by Gasteiger charge is 2.13. The number of aromatic nitrogens is 5. The van der Waals surface area contributed by atoms with Crippen LogP contribution in [0.15, 0.2) is 37.1 Å². The van der Waals surface area contributed by atoms with E-state index in [4.69, 9.17) is 11.6 Å². The van der Waals surface area contributed by atoms with E-state index in [0.29, 0.717) is 5.15 Å². The first kappa shape index (κ1) is 9.73. The van der Waals surface area contributed by atoms with Gasteiger partial charge in [-0.2, -0.15) is 5.10 Å². The molecule has 0 bridgehead atoms. The van der Waals surface area contributed by atoms with Crippen LogP contribution in [0.2, 0.25) is 5.15 Å². The van der Waals surface area contributed by atoms with Gasteiger partial charge in [0.25, 0.3) is 0 Å². The number of hydrogen-bond donors (Lipinski definition) is 0. The van der Waals surface area contributed by atoms with Gasteiger partial charge in [-0.3, -0.25) is 4.98 Å². The Morgan fingerprint density at radius 2 is 2.00 bits per heavy atom. The van der Waals surface area contributed by atoms with E-state index in [2.05, 4.69) is 20.1 Å². The molecule has 0 aliphatic carbocycles. The topological polar surface area (TPSA) is 56.0 Å². The molecule has 4 aromatic heterocycles. The van der Waals surface area contributed by atoms with Crippen molar-refractivity contribution in [3.63, 3.8) is 0 Å². The Kier molecular flexibility index (Phi) is 1.82. The largest absolute Gasteiger partial charge is 0.262 e.